The zero-order valence-corrected chi connectivity index (χ0v) is 12.6. The van der Waals surface area contributed by atoms with Gasteiger partial charge in [0.2, 0.25) is 5.91 Å². The van der Waals surface area contributed by atoms with E-state index in [1.165, 1.54) is 0 Å². The van der Waals surface area contributed by atoms with Gasteiger partial charge in [-0.2, -0.15) is 0 Å². The van der Waals surface area contributed by atoms with Crippen molar-refractivity contribution in [2.75, 3.05) is 7.05 Å². The number of thiazole rings is 1. The Labute approximate surface area is 123 Å². The molecule has 0 aliphatic carbocycles. The summed E-state index contributed by atoms with van der Waals surface area (Å²) in [5.41, 5.74) is 7.98. The summed E-state index contributed by atoms with van der Waals surface area (Å²) in [7, 11) is 1.79. The number of nitrogens with two attached hydrogens (primary N) is 1. The maximum atomic E-state index is 12.2. The van der Waals surface area contributed by atoms with Crippen LogP contribution in [0, 0.1) is 6.92 Å². The lowest BCUT2D eigenvalue weighted by Gasteiger charge is -2.19. The second kappa shape index (κ2) is 6.63. The van der Waals surface area contributed by atoms with E-state index in [0.29, 0.717) is 13.0 Å². The summed E-state index contributed by atoms with van der Waals surface area (Å²) in [4.78, 5) is 18.2. The fourth-order valence-corrected chi connectivity index (χ4v) is 2.58. The molecular formula is C15H19N3OS. The lowest BCUT2D eigenvalue weighted by atomic mass is 10.0. The standard InChI is InChI=1S/C15H19N3OS/c1-11-17-13(10-20-11)9-18(2)15(19)8-14(16)12-6-4-3-5-7-12/h3-7,10,14H,8-9,16H2,1-2H3. The summed E-state index contributed by atoms with van der Waals surface area (Å²) >= 11 is 1.60. The highest BCUT2D eigenvalue weighted by atomic mass is 32.1. The molecule has 2 rings (SSSR count). The van der Waals surface area contributed by atoms with E-state index in [0.717, 1.165) is 16.3 Å². The number of aromatic nitrogens is 1. The quantitative estimate of drug-likeness (QED) is 0.920. The molecule has 2 N–H and O–H groups in total. The number of aryl methyl sites for hydroxylation is 1. The molecule has 1 heterocycles. The molecule has 1 unspecified atom stereocenters. The molecule has 1 amide bonds. The number of carbonyl (C=O) groups is 1. The van der Waals surface area contributed by atoms with Crippen LogP contribution in [0.15, 0.2) is 35.7 Å². The first-order valence-electron chi connectivity index (χ1n) is 6.51. The van der Waals surface area contributed by atoms with Crippen LogP contribution in [-0.2, 0) is 11.3 Å². The van der Waals surface area contributed by atoms with Gasteiger partial charge in [-0.1, -0.05) is 30.3 Å². The summed E-state index contributed by atoms with van der Waals surface area (Å²) < 4.78 is 0. The van der Waals surface area contributed by atoms with Gasteiger partial charge in [0.1, 0.15) is 0 Å². The molecule has 0 fully saturated rings. The smallest absolute Gasteiger partial charge is 0.224 e. The number of rotatable bonds is 5. The van der Waals surface area contributed by atoms with Crippen LogP contribution >= 0.6 is 11.3 Å². The number of nitrogens with zero attached hydrogens (tertiary/aromatic N) is 2. The zero-order valence-electron chi connectivity index (χ0n) is 11.7. The van der Waals surface area contributed by atoms with Gasteiger partial charge in [0, 0.05) is 24.9 Å². The van der Waals surface area contributed by atoms with E-state index >= 15 is 0 Å². The number of benzene rings is 1. The monoisotopic (exact) mass is 289 g/mol. The van der Waals surface area contributed by atoms with E-state index < -0.39 is 0 Å². The van der Waals surface area contributed by atoms with E-state index in [1.807, 2.05) is 42.6 Å². The molecular weight excluding hydrogens is 270 g/mol. The molecule has 0 radical (unpaired) electrons. The maximum absolute atomic E-state index is 12.2. The lowest BCUT2D eigenvalue weighted by Crippen LogP contribution is -2.29. The fourth-order valence-electron chi connectivity index (χ4n) is 1.97. The minimum absolute atomic E-state index is 0.0343. The molecule has 0 aliphatic rings. The van der Waals surface area contributed by atoms with Crippen molar-refractivity contribution in [2.45, 2.75) is 25.9 Å². The van der Waals surface area contributed by atoms with Gasteiger partial charge in [0.15, 0.2) is 0 Å². The van der Waals surface area contributed by atoms with Crippen LogP contribution in [-0.4, -0.2) is 22.8 Å². The average molecular weight is 289 g/mol. The topological polar surface area (TPSA) is 59.2 Å². The Morgan fingerprint density at radius 2 is 2.10 bits per heavy atom. The lowest BCUT2D eigenvalue weighted by molar-refractivity contribution is -0.130. The Balaban J connectivity index is 1.91. The van der Waals surface area contributed by atoms with Gasteiger partial charge in [-0.15, -0.1) is 11.3 Å². The van der Waals surface area contributed by atoms with E-state index in [2.05, 4.69) is 4.98 Å². The Hall–Kier alpha value is -1.72. The largest absolute Gasteiger partial charge is 0.340 e. The highest BCUT2D eigenvalue weighted by Gasteiger charge is 2.16. The molecule has 1 atom stereocenters. The molecule has 4 nitrogen and oxygen atoms in total. The van der Waals surface area contributed by atoms with E-state index in [9.17, 15) is 4.79 Å². The fraction of sp³-hybridized carbons (Fsp3) is 0.333. The Morgan fingerprint density at radius 3 is 2.70 bits per heavy atom. The zero-order chi connectivity index (χ0) is 14.5. The van der Waals surface area contributed by atoms with Gasteiger partial charge in [0.25, 0.3) is 0 Å². The van der Waals surface area contributed by atoms with Crippen molar-refractivity contribution >= 4 is 17.2 Å². The predicted molar refractivity (Wildman–Crippen MR) is 81.3 cm³/mol. The summed E-state index contributed by atoms with van der Waals surface area (Å²) in [6, 6.07) is 9.43. The number of hydrogen-bond acceptors (Lipinski definition) is 4. The van der Waals surface area contributed by atoms with Crippen molar-refractivity contribution in [3.05, 3.63) is 52.0 Å². The molecule has 1 aromatic carbocycles. The second-order valence-corrected chi connectivity index (χ2v) is 5.89. The molecule has 0 spiro atoms. The summed E-state index contributed by atoms with van der Waals surface area (Å²) in [5.74, 6) is 0.0343. The molecule has 5 heteroatoms. The molecule has 20 heavy (non-hydrogen) atoms. The SMILES string of the molecule is Cc1nc(CN(C)C(=O)CC(N)c2ccccc2)cs1. The van der Waals surface area contributed by atoms with E-state index in [4.69, 9.17) is 5.73 Å². The number of amides is 1. The van der Waals surface area contributed by atoms with Gasteiger partial charge in [-0.3, -0.25) is 4.79 Å². The van der Waals surface area contributed by atoms with Gasteiger partial charge in [-0.05, 0) is 12.5 Å². The first kappa shape index (κ1) is 14.7. The van der Waals surface area contributed by atoms with Crippen LogP contribution < -0.4 is 5.73 Å². The normalized spacial score (nSPS) is 12.2. The molecule has 1 aromatic heterocycles. The van der Waals surface area contributed by atoms with Crippen LogP contribution in [0.25, 0.3) is 0 Å². The second-order valence-electron chi connectivity index (χ2n) is 4.83. The van der Waals surface area contributed by atoms with Crippen molar-refractivity contribution in [1.82, 2.24) is 9.88 Å². The van der Waals surface area contributed by atoms with Crippen LogP contribution in [0.1, 0.15) is 28.7 Å². The van der Waals surface area contributed by atoms with Gasteiger partial charge < -0.3 is 10.6 Å². The third-order valence-electron chi connectivity index (χ3n) is 3.11. The summed E-state index contributed by atoms with van der Waals surface area (Å²) in [6.45, 7) is 2.49. The maximum Gasteiger partial charge on any atom is 0.224 e. The number of carbonyl (C=O) groups excluding carboxylic acids is 1. The first-order chi connectivity index (χ1) is 9.56. The van der Waals surface area contributed by atoms with Crippen molar-refractivity contribution in [2.24, 2.45) is 5.73 Å². The highest BCUT2D eigenvalue weighted by Crippen LogP contribution is 2.16. The average Bonchev–Trinajstić information content (AvgIpc) is 2.85. The number of hydrogen-bond donors (Lipinski definition) is 1. The van der Waals surface area contributed by atoms with Crippen molar-refractivity contribution in [3.8, 4) is 0 Å². The molecule has 0 bridgehead atoms. The van der Waals surface area contributed by atoms with Crippen LogP contribution in [0.5, 0.6) is 0 Å². The van der Waals surface area contributed by atoms with Crippen LogP contribution in [0.3, 0.4) is 0 Å². The van der Waals surface area contributed by atoms with Gasteiger partial charge >= 0.3 is 0 Å². The van der Waals surface area contributed by atoms with E-state index in [1.54, 1.807) is 23.3 Å². The minimum Gasteiger partial charge on any atom is -0.340 e. The predicted octanol–water partition coefficient (Wildman–Crippen LogP) is 2.50. The highest BCUT2D eigenvalue weighted by molar-refractivity contribution is 7.09. The van der Waals surface area contributed by atoms with Gasteiger partial charge in [0.05, 0.1) is 17.2 Å². The van der Waals surface area contributed by atoms with Gasteiger partial charge in [-0.25, -0.2) is 4.98 Å². The third kappa shape index (κ3) is 3.88. The van der Waals surface area contributed by atoms with Crippen molar-refractivity contribution in [3.63, 3.8) is 0 Å². The minimum atomic E-state index is -0.261. The van der Waals surface area contributed by atoms with E-state index in [-0.39, 0.29) is 11.9 Å². The Kier molecular flexibility index (Phi) is 4.87. The summed E-state index contributed by atoms with van der Waals surface area (Å²) in [6.07, 6.45) is 0.309. The molecule has 106 valence electrons. The van der Waals surface area contributed by atoms with Crippen LogP contribution in [0.2, 0.25) is 0 Å². The molecule has 0 saturated carbocycles. The molecule has 0 saturated heterocycles. The molecule has 2 aromatic rings. The van der Waals surface area contributed by atoms with Crippen molar-refractivity contribution < 1.29 is 4.79 Å². The Bertz CT molecular complexity index is 568. The summed E-state index contributed by atoms with van der Waals surface area (Å²) in [5, 5.41) is 3.00. The molecule has 0 aliphatic heterocycles. The first-order valence-corrected chi connectivity index (χ1v) is 7.39. The van der Waals surface area contributed by atoms with Crippen LogP contribution in [0.4, 0.5) is 0 Å². The van der Waals surface area contributed by atoms with Crippen molar-refractivity contribution in [1.29, 1.82) is 0 Å². The Morgan fingerprint density at radius 1 is 1.40 bits per heavy atom. The third-order valence-corrected chi connectivity index (χ3v) is 3.94.